The molecule has 0 radical (unpaired) electrons. The highest BCUT2D eigenvalue weighted by Gasteiger charge is 2.20. The van der Waals surface area contributed by atoms with Gasteiger partial charge in [0.1, 0.15) is 0 Å². The molecule has 0 spiro atoms. The Morgan fingerprint density at radius 3 is 2.40 bits per heavy atom. The number of rotatable bonds is 2. The van der Waals surface area contributed by atoms with Gasteiger partial charge in [0.15, 0.2) is 0 Å². The van der Waals surface area contributed by atoms with Gasteiger partial charge in [0.05, 0.1) is 15.3 Å². The summed E-state index contributed by atoms with van der Waals surface area (Å²) in [5.74, 6) is 0. The summed E-state index contributed by atoms with van der Waals surface area (Å²) in [4.78, 5) is 4.87. The predicted octanol–water partition coefficient (Wildman–Crippen LogP) is 3.67. The van der Waals surface area contributed by atoms with E-state index in [4.69, 9.17) is 0 Å². The maximum absolute atomic E-state index is 12.7. The van der Waals surface area contributed by atoms with Crippen LogP contribution in [0.25, 0.3) is 10.9 Å². The first-order valence-corrected chi connectivity index (χ1v) is 8.50. The number of nitrogens with zero attached hydrogens (tertiary/aromatic N) is 1. The van der Waals surface area contributed by atoms with Gasteiger partial charge >= 0.3 is 0 Å². The summed E-state index contributed by atoms with van der Waals surface area (Å²) in [6, 6.07) is 15.6. The van der Waals surface area contributed by atoms with E-state index < -0.39 is 9.84 Å². The Bertz CT molecular complexity index is 877. The summed E-state index contributed by atoms with van der Waals surface area (Å²) in [5.41, 5.74) is 0.713. The highest BCUT2D eigenvalue weighted by Crippen LogP contribution is 2.28. The van der Waals surface area contributed by atoms with E-state index in [-0.39, 0.29) is 0 Å². The van der Waals surface area contributed by atoms with E-state index in [1.54, 1.807) is 48.7 Å². The van der Waals surface area contributed by atoms with Crippen molar-refractivity contribution in [3.8, 4) is 0 Å². The van der Waals surface area contributed by atoms with Crippen molar-refractivity contribution >= 4 is 43.3 Å². The summed E-state index contributed by atoms with van der Waals surface area (Å²) < 4.78 is 26.4. The molecule has 0 saturated heterocycles. The fourth-order valence-corrected chi connectivity index (χ4v) is 4.18. The molecule has 0 unspecified atom stereocenters. The van der Waals surface area contributed by atoms with Crippen LogP contribution in [0, 0.1) is 3.57 Å². The summed E-state index contributed by atoms with van der Waals surface area (Å²) in [6.45, 7) is 0. The molecule has 0 saturated carbocycles. The van der Waals surface area contributed by atoms with Crippen LogP contribution in [0.3, 0.4) is 0 Å². The second-order valence-electron chi connectivity index (χ2n) is 4.26. The van der Waals surface area contributed by atoms with Crippen molar-refractivity contribution in [1.82, 2.24) is 4.98 Å². The summed E-state index contributed by atoms with van der Waals surface area (Å²) in [5, 5.41) is 0.656. The van der Waals surface area contributed by atoms with Crippen LogP contribution < -0.4 is 0 Å². The molecule has 3 nitrogen and oxygen atoms in total. The Labute approximate surface area is 130 Å². The number of para-hydroxylation sites is 1. The number of benzene rings is 2. The first kappa shape index (κ1) is 13.5. The summed E-state index contributed by atoms with van der Waals surface area (Å²) in [6.07, 6.45) is 1.54. The average molecular weight is 395 g/mol. The smallest absolute Gasteiger partial charge is 0.207 e. The minimum atomic E-state index is -3.53. The summed E-state index contributed by atoms with van der Waals surface area (Å²) in [7, 11) is -3.53. The van der Waals surface area contributed by atoms with E-state index >= 15 is 0 Å². The van der Waals surface area contributed by atoms with Crippen LogP contribution in [0.2, 0.25) is 0 Å². The molecule has 20 heavy (non-hydrogen) atoms. The largest absolute Gasteiger partial charge is 0.255 e. The normalized spacial score (nSPS) is 11.7. The topological polar surface area (TPSA) is 47.0 Å². The molecule has 2 aromatic carbocycles. The number of aromatic nitrogens is 1. The van der Waals surface area contributed by atoms with Gasteiger partial charge in [-0.15, -0.1) is 0 Å². The SMILES string of the molecule is O=S(=O)(c1ccccc1)c1ccnc2c(I)cccc12. The number of halogens is 1. The Morgan fingerprint density at radius 1 is 0.900 bits per heavy atom. The standard InChI is InChI=1S/C15H10INO2S/c16-13-8-4-7-12-14(9-10-17-15(12)13)20(18,19)11-5-2-1-3-6-11/h1-10H. The molecule has 100 valence electrons. The minimum absolute atomic E-state index is 0.298. The predicted molar refractivity (Wildman–Crippen MR) is 86.4 cm³/mol. The van der Waals surface area contributed by atoms with Crippen LogP contribution >= 0.6 is 22.6 Å². The Morgan fingerprint density at radius 2 is 1.65 bits per heavy atom. The molecule has 0 aliphatic rings. The third-order valence-electron chi connectivity index (χ3n) is 3.02. The zero-order valence-corrected chi connectivity index (χ0v) is 13.3. The number of pyridine rings is 1. The molecule has 1 aromatic heterocycles. The van der Waals surface area contributed by atoms with Gasteiger partial charge in [-0.05, 0) is 46.9 Å². The number of fused-ring (bicyclic) bond motifs is 1. The Hall–Kier alpha value is -1.47. The second kappa shape index (κ2) is 5.14. The average Bonchev–Trinajstić information content (AvgIpc) is 2.48. The van der Waals surface area contributed by atoms with Gasteiger partial charge in [-0.25, -0.2) is 8.42 Å². The fourth-order valence-electron chi connectivity index (χ4n) is 2.08. The maximum Gasteiger partial charge on any atom is 0.207 e. The maximum atomic E-state index is 12.7. The Kier molecular flexibility index (Phi) is 3.47. The van der Waals surface area contributed by atoms with Crippen LogP contribution in [0.5, 0.6) is 0 Å². The molecule has 1 heterocycles. The lowest BCUT2D eigenvalue weighted by Gasteiger charge is -2.08. The highest BCUT2D eigenvalue weighted by atomic mass is 127. The first-order chi connectivity index (χ1) is 9.60. The van der Waals surface area contributed by atoms with E-state index in [9.17, 15) is 8.42 Å². The third-order valence-corrected chi connectivity index (χ3v) is 5.72. The molecule has 0 N–H and O–H groups in total. The number of hydrogen-bond acceptors (Lipinski definition) is 3. The van der Waals surface area contributed by atoms with Crippen molar-refractivity contribution < 1.29 is 8.42 Å². The lowest BCUT2D eigenvalue weighted by Crippen LogP contribution is -2.03. The van der Waals surface area contributed by atoms with Crippen LogP contribution in [0.4, 0.5) is 0 Å². The molecule has 0 aliphatic carbocycles. The molecular weight excluding hydrogens is 385 g/mol. The highest BCUT2D eigenvalue weighted by molar-refractivity contribution is 14.1. The van der Waals surface area contributed by atoms with Crippen molar-refractivity contribution in [2.75, 3.05) is 0 Å². The van der Waals surface area contributed by atoms with Gasteiger partial charge < -0.3 is 0 Å². The van der Waals surface area contributed by atoms with Gasteiger partial charge in [-0.2, -0.15) is 0 Å². The third kappa shape index (κ3) is 2.20. The molecule has 5 heteroatoms. The number of hydrogen-bond donors (Lipinski definition) is 0. The van der Waals surface area contributed by atoms with Crippen molar-refractivity contribution in [3.63, 3.8) is 0 Å². The zero-order valence-electron chi connectivity index (χ0n) is 10.3. The van der Waals surface area contributed by atoms with Crippen molar-refractivity contribution in [2.24, 2.45) is 0 Å². The lowest BCUT2D eigenvalue weighted by atomic mass is 10.2. The minimum Gasteiger partial charge on any atom is -0.255 e. The first-order valence-electron chi connectivity index (χ1n) is 5.94. The van der Waals surface area contributed by atoms with Crippen LogP contribution in [-0.4, -0.2) is 13.4 Å². The van der Waals surface area contributed by atoms with Crippen LogP contribution in [0.1, 0.15) is 0 Å². The molecule has 3 rings (SSSR count). The van der Waals surface area contributed by atoms with E-state index in [2.05, 4.69) is 27.6 Å². The van der Waals surface area contributed by atoms with E-state index in [1.807, 2.05) is 12.1 Å². The monoisotopic (exact) mass is 395 g/mol. The number of sulfone groups is 1. The van der Waals surface area contributed by atoms with Gasteiger partial charge in [-0.1, -0.05) is 30.3 Å². The van der Waals surface area contributed by atoms with E-state index in [0.29, 0.717) is 20.7 Å². The van der Waals surface area contributed by atoms with Crippen molar-refractivity contribution in [2.45, 2.75) is 9.79 Å². The van der Waals surface area contributed by atoms with Gasteiger partial charge in [-0.3, -0.25) is 4.98 Å². The second-order valence-corrected chi connectivity index (χ2v) is 7.34. The van der Waals surface area contributed by atoms with Crippen molar-refractivity contribution in [3.05, 3.63) is 64.4 Å². The van der Waals surface area contributed by atoms with E-state index in [1.165, 1.54) is 0 Å². The van der Waals surface area contributed by atoms with Crippen molar-refractivity contribution in [1.29, 1.82) is 0 Å². The zero-order chi connectivity index (χ0) is 14.2. The lowest BCUT2D eigenvalue weighted by molar-refractivity contribution is 0.597. The molecule has 3 aromatic rings. The summed E-state index contributed by atoms with van der Waals surface area (Å²) >= 11 is 2.16. The fraction of sp³-hybridized carbons (Fsp3) is 0. The van der Waals surface area contributed by atoms with Gasteiger partial charge in [0.25, 0.3) is 0 Å². The van der Waals surface area contributed by atoms with Crippen LogP contribution in [0.15, 0.2) is 70.6 Å². The molecular formula is C15H10INO2S. The van der Waals surface area contributed by atoms with Gasteiger partial charge in [0, 0.05) is 15.2 Å². The quantitative estimate of drug-likeness (QED) is 0.623. The van der Waals surface area contributed by atoms with E-state index in [0.717, 1.165) is 3.57 Å². The molecule has 0 amide bonds. The Balaban J connectivity index is 2.34. The molecule has 0 atom stereocenters. The molecule has 0 bridgehead atoms. The molecule has 0 aliphatic heterocycles. The van der Waals surface area contributed by atoms with Crippen LogP contribution in [-0.2, 0) is 9.84 Å². The van der Waals surface area contributed by atoms with Gasteiger partial charge in [0.2, 0.25) is 9.84 Å². The molecule has 0 fully saturated rings.